The van der Waals surface area contributed by atoms with E-state index in [0.717, 1.165) is 5.56 Å². The van der Waals surface area contributed by atoms with Crippen molar-refractivity contribution >= 4 is 11.8 Å². The molecule has 23 heavy (non-hydrogen) atoms. The monoisotopic (exact) mass is 307 g/mol. The molecule has 1 N–H and O–H groups in total. The normalized spacial score (nSPS) is 11.9. The van der Waals surface area contributed by atoms with Crippen LogP contribution in [0.15, 0.2) is 65.3 Å². The van der Waals surface area contributed by atoms with Crippen LogP contribution in [0, 0.1) is 0 Å². The highest BCUT2D eigenvalue weighted by atomic mass is 16.5. The molecule has 5 heteroatoms. The summed E-state index contributed by atoms with van der Waals surface area (Å²) >= 11 is 0. The van der Waals surface area contributed by atoms with Crippen molar-refractivity contribution in [3.63, 3.8) is 0 Å². The lowest BCUT2D eigenvalue weighted by atomic mass is 9.96. The second-order valence-electron chi connectivity index (χ2n) is 5.15. The number of pyridine rings is 1. The molecular formula is C18H17N3O2. The maximum absolute atomic E-state index is 12.5. The Morgan fingerprint density at radius 3 is 2.61 bits per heavy atom. The second-order valence-corrected chi connectivity index (χ2v) is 5.15. The van der Waals surface area contributed by atoms with E-state index in [0.29, 0.717) is 23.7 Å². The first-order chi connectivity index (χ1) is 11.3. The van der Waals surface area contributed by atoms with Crippen molar-refractivity contribution in [2.45, 2.75) is 19.3 Å². The van der Waals surface area contributed by atoms with E-state index in [9.17, 15) is 4.79 Å². The third-order valence-electron chi connectivity index (χ3n) is 3.61. The zero-order chi connectivity index (χ0) is 16.1. The molecule has 3 aromatic rings. The van der Waals surface area contributed by atoms with Crippen molar-refractivity contribution in [1.82, 2.24) is 10.1 Å². The number of rotatable bonds is 5. The van der Waals surface area contributed by atoms with Crippen LogP contribution in [0.3, 0.4) is 0 Å². The van der Waals surface area contributed by atoms with Gasteiger partial charge in [0.2, 0.25) is 11.8 Å². The van der Waals surface area contributed by atoms with Crippen LogP contribution in [0.5, 0.6) is 0 Å². The maximum atomic E-state index is 12.5. The SMILES string of the molecule is CC[C@H](C(=O)Nc1cc(-c2ccccn2)no1)c1ccccc1. The summed E-state index contributed by atoms with van der Waals surface area (Å²) in [5.41, 5.74) is 2.28. The smallest absolute Gasteiger partial charge is 0.234 e. The fraction of sp³-hybridized carbons (Fsp3) is 0.167. The number of nitrogens with zero attached hydrogens (tertiary/aromatic N) is 2. The van der Waals surface area contributed by atoms with E-state index in [2.05, 4.69) is 15.5 Å². The van der Waals surface area contributed by atoms with Gasteiger partial charge in [0.25, 0.3) is 0 Å². The standard InChI is InChI=1S/C18H17N3O2/c1-2-14(13-8-4-3-5-9-13)18(22)20-17-12-16(21-23-17)15-10-6-7-11-19-15/h3-12,14H,2H2,1H3,(H,20,22)/t14-/m0/s1. The molecule has 0 spiro atoms. The quantitative estimate of drug-likeness (QED) is 0.777. The molecule has 0 aliphatic heterocycles. The topological polar surface area (TPSA) is 68.0 Å². The Kier molecular flexibility index (Phi) is 4.47. The molecule has 0 unspecified atom stereocenters. The highest BCUT2D eigenvalue weighted by molar-refractivity contribution is 5.95. The van der Waals surface area contributed by atoms with Gasteiger partial charge in [-0.15, -0.1) is 0 Å². The van der Waals surface area contributed by atoms with Gasteiger partial charge < -0.3 is 4.52 Å². The Labute approximate surface area is 134 Å². The molecule has 0 saturated heterocycles. The Morgan fingerprint density at radius 1 is 1.13 bits per heavy atom. The fourth-order valence-corrected chi connectivity index (χ4v) is 2.44. The van der Waals surface area contributed by atoms with Gasteiger partial charge in [0.1, 0.15) is 5.69 Å². The molecule has 1 aromatic carbocycles. The molecular weight excluding hydrogens is 290 g/mol. The number of aromatic nitrogens is 2. The number of hydrogen-bond donors (Lipinski definition) is 1. The van der Waals surface area contributed by atoms with Gasteiger partial charge in [-0.1, -0.05) is 48.5 Å². The van der Waals surface area contributed by atoms with Crippen LogP contribution in [0.4, 0.5) is 5.88 Å². The summed E-state index contributed by atoms with van der Waals surface area (Å²) in [6.07, 6.45) is 2.39. The Bertz CT molecular complexity index is 769. The van der Waals surface area contributed by atoms with E-state index in [1.165, 1.54) is 0 Å². The van der Waals surface area contributed by atoms with Crippen molar-refractivity contribution in [3.8, 4) is 11.4 Å². The molecule has 3 rings (SSSR count). The fourth-order valence-electron chi connectivity index (χ4n) is 2.44. The summed E-state index contributed by atoms with van der Waals surface area (Å²) < 4.78 is 5.20. The molecule has 116 valence electrons. The minimum absolute atomic E-state index is 0.109. The van der Waals surface area contributed by atoms with Gasteiger partial charge in [0.15, 0.2) is 0 Å². The van der Waals surface area contributed by atoms with Crippen molar-refractivity contribution in [2.24, 2.45) is 0 Å². The third kappa shape index (κ3) is 3.45. The van der Waals surface area contributed by atoms with Crippen LogP contribution in [-0.4, -0.2) is 16.0 Å². The number of carbonyl (C=O) groups excluding carboxylic acids is 1. The summed E-state index contributed by atoms with van der Waals surface area (Å²) in [4.78, 5) is 16.7. The van der Waals surface area contributed by atoms with Gasteiger partial charge in [0, 0.05) is 12.3 Å². The molecule has 0 fully saturated rings. The molecule has 0 aliphatic rings. The van der Waals surface area contributed by atoms with E-state index in [-0.39, 0.29) is 11.8 Å². The predicted octanol–water partition coefficient (Wildman–Crippen LogP) is 3.87. The first-order valence-corrected chi connectivity index (χ1v) is 7.52. The summed E-state index contributed by atoms with van der Waals surface area (Å²) in [5, 5.41) is 6.73. The number of hydrogen-bond acceptors (Lipinski definition) is 4. The molecule has 0 radical (unpaired) electrons. The summed E-state index contributed by atoms with van der Waals surface area (Å²) in [6, 6.07) is 16.9. The maximum Gasteiger partial charge on any atom is 0.234 e. The average Bonchev–Trinajstić information content (AvgIpc) is 3.06. The Hall–Kier alpha value is -2.95. The van der Waals surface area contributed by atoms with Crippen LogP contribution in [-0.2, 0) is 4.79 Å². The average molecular weight is 307 g/mol. The van der Waals surface area contributed by atoms with Crippen molar-refractivity contribution in [1.29, 1.82) is 0 Å². The first kappa shape index (κ1) is 15.0. The van der Waals surface area contributed by atoms with Crippen LogP contribution in [0.1, 0.15) is 24.8 Å². The molecule has 2 heterocycles. The van der Waals surface area contributed by atoms with Gasteiger partial charge >= 0.3 is 0 Å². The number of anilines is 1. The van der Waals surface area contributed by atoms with Gasteiger partial charge in [-0.25, -0.2) is 0 Å². The summed E-state index contributed by atoms with van der Waals surface area (Å²) in [6.45, 7) is 1.98. The van der Waals surface area contributed by atoms with E-state index < -0.39 is 0 Å². The highest BCUT2D eigenvalue weighted by Gasteiger charge is 2.20. The van der Waals surface area contributed by atoms with Crippen LogP contribution in [0.2, 0.25) is 0 Å². The van der Waals surface area contributed by atoms with Crippen molar-refractivity contribution in [3.05, 3.63) is 66.4 Å². The second kappa shape index (κ2) is 6.87. The number of amides is 1. The zero-order valence-corrected chi connectivity index (χ0v) is 12.8. The van der Waals surface area contributed by atoms with E-state index in [1.807, 2.05) is 55.5 Å². The van der Waals surface area contributed by atoms with Gasteiger partial charge in [-0.3, -0.25) is 15.1 Å². The third-order valence-corrected chi connectivity index (χ3v) is 3.61. The zero-order valence-electron chi connectivity index (χ0n) is 12.8. The lowest BCUT2D eigenvalue weighted by Crippen LogP contribution is -2.20. The van der Waals surface area contributed by atoms with Crippen LogP contribution < -0.4 is 5.32 Å². The van der Waals surface area contributed by atoms with Gasteiger partial charge in [-0.2, -0.15) is 0 Å². The lowest BCUT2D eigenvalue weighted by molar-refractivity contribution is -0.117. The van der Waals surface area contributed by atoms with E-state index in [1.54, 1.807) is 12.3 Å². The number of carbonyl (C=O) groups is 1. The molecule has 0 saturated carbocycles. The first-order valence-electron chi connectivity index (χ1n) is 7.52. The van der Waals surface area contributed by atoms with Gasteiger partial charge in [0.05, 0.1) is 11.6 Å². The minimum Gasteiger partial charge on any atom is -0.338 e. The molecule has 1 atom stereocenters. The van der Waals surface area contributed by atoms with Gasteiger partial charge in [-0.05, 0) is 24.1 Å². The van der Waals surface area contributed by atoms with E-state index in [4.69, 9.17) is 4.52 Å². The Morgan fingerprint density at radius 2 is 1.91 bits per heavy atom. The molecule has 2 aromatic heterocycles. The minimum atomic E-state index is -0.223. The molecule has 1 amide bonds. The predicted molar refractivity (Wildman–Crippen MR) is 87.8 cm³/mol. The van der Waals surface area contributed by atoms with Crippen molar-refractivity contribution < 1.29 is 9.32 Å². The van der Waals surface area contributed by atoms with Crippen LogP contribution >= 0.6 is 0 Å². The molecule has 5 nitrogen and oxygen atoms in total. The Balaban J connectivity index is 1.74. The highest BCUT2D eigenvalue weighted by Crippen LogP contribution is 2.23. The molecule has 0 bridgehead atoms. The van der Waals surface area contributed by atoms with E-state index >= 15 is 0 Å². The summed E-state index contributed by atoms with van der Waals surface area (Å²) in [7, 11) is 0. The van der Waals surface area contributed by atoms with Crippen LogP contribution in [0.25, 0.3) is 11.4 Å². The lowest BCUT2D eigenvalue weighted by Gasteiger charge is -2.13. The largest absolute Gasteiger partial charge is 0.338 e. The van der Waals surface area contributed by atoms with Crippen molar-refractivity contribution in [2.75, 3.05) is 5.32 Å². The number of benzene rings is 1. The summed E-state index contributed by atoms with van der Waals surface area (Å²) in [5.74, 6) is -0.00736. The molecule has 0 aliphatic carbocycles. The number of nitrogens with one attached hydrogen (secondary N) is 1.